The fraction of sp³-hybridized carbons (Fsp3) is 0.409. The van der Waals surface area contributed by atoms with Gasteiger partial charge in [-0.2, -0.15) is 0 Å². The normalized spacial score (nSPS) is 21.2. The Kier molecular flexibility index (Phi) is 6.82. The highest BCUT2D eigenvalue weighted by Crippen LogP contribution is 2.31. The predicted molar refractivity (Wildman–Crippen MR) is 113 cm³/mol. The van der Waals surface area contributed by atoms with Gasteiger partial charge in [-0.1, -0.05) is 25.0 Å². The molecule has 2 atom stereocenters. The van der Waals surface area contributed by atoms with Gasteiger partial charge in [0.1, 0.15) is 0 Å². The smallest absolute Gasteiger partial charge is 0.319 e. The lowest BCUT2D eigenvalue weighted by Crippen LogP contribution is -2.52. The average Bonchev–Trinajstić information content (AvgIpc) is 2.71. The highest BCUT2D eigenvalue weighted by Gasteiger charge is 2.37. The van der Waals surface area contributed by atoms with Gasteiger partial charge < -0.3 is 21.7 Å². The molecule has 0 radical (unpaired) electrons. The molecule has 5 N–H and O–H groups in total. The Morgan fingerprint density at radius 1 is 1.10 bits per heavy atom. The number of nitrogens with one attached hydrogen (secondary N) is 3. The van der Waals surface area contributed by atoms with Gasteiger partial charge in [-0.05, 0) is 55.2 Å². The van der Waals surface area contributed by atoms with Gasteiger partial charge >= 0.3 is 6.03 Å². The van der Waals surface area contributed by atoms with Crippen molar-refractivity contribution >= 4 is 17.6 Å². The topological polar surface area (TPSA) is 109 Å². The van der Waals surface area contributed by atoms with Gasteiger partial charge in [0.2, 0.25) is 5.91 Å². The Labute approximate surface area is 171 Å². The summed E-state index contributed by atoms with van der Waals surface area (Å²) in [4.78, 5) is 28.7. The van der Waals surface area contributed by atoms with Crippen LogP contribution in [0.1, 0.15) is 43.7 Å². The molecule has 3 rings (SSSR count). The van der Waals surface area contributed by atoms with E-state index in [0.717, 1.165) is 36.8 Å². The molecule has 7 heteroatoms. The molecule has 2 unspecified atom stereocenters. The zero-order valence-corrected chi connectivity index (χ0v) is 16.8. The molecule has 1 aliphatic rings. The second kappa shape index (κ2) is 9.52. The maximum atomic E-state index is 12.6. The molecular formula is C22H29N5O2. The van der Waals surface area contributed by atoms with Crippen molar-refractivity contribution in [2.24, 2.45) is 11.7 Å². The van der Waals surface area contributed by atoms with E-state index in [-0.39, 0.29) is 17.9 Å². The highest BCUT2D eigenvalue weighted by atomic mass is 16.2. The van der Waals surface area contributed by atoms with Gasteiger partial charge in [0.05, 0.1) is 5.92 Å². The van der Waals surface area contributed by atoms with E-state index in [1.807, 2.05) is 43.3 Å². The SMILES string of the molecule is CC1(N)CCCCC1C(=O)NCc1cccc(NC(=O)NCc2ccncc2)c1. The van der Waals surface area contributed by atoms with Gasteiger partial charge in [0.15, 0.2) is 0 Å². The van der Waals surface area contributed by atoms with Gasteiger partial charge in [0.25, 0.3) is 0 Å². The van der Waals surface area contributed by atoms with E-state index >= 15 is 0 Å². The first kappa shape index (κ1) is 20.8. The molecule has 1 saturated carbocycles. The van der Waals surface area contributed by atoms with Crippen LogP contribution in [0.25, 0.3) is 0 Å². The van der Waals surface area contributed by atoms with E-state index in [0.29, 0.717) is 18.8 Å². The average molecular weight is 396 g/mol. The van der Waals surface area contributed by atoms with E-state index in [4.69, 9.17) is 5.73 Å². The molecule has 0 saturated heterocycles. The highest BCUT2D eigenvalue weighted by molar-refractivity contribution is 5.89. The molecule has 2 aromatic rings. The van der Waals surface area contributed by atoms with Crippen molar-refractivity contribution in [3.8, 4) is 0 Å². The van der Waals surface area contributed by atoms with Crippen molar-refractivity contribution < 1.29 is 9.59 Å². The summed E-state index contributed by atoms with van der Waals surface area (Å²) in [5.41, 5.74) is 8.44. The molecule has 1 aromatic heterocycles. The number of carbonyl (C=O) groups excluding carboxylic acids is 2. The van der Waals surface area contributed by atoms with Crippen molar-refractivity contribution in [2.45, 2.75) is 51.2 Å². The quantitative estimate of drug-likeness (QED) is 0.603. The molecule has 0 bridgehead atoms. The molecule has 1 aromatic carbocycles. The summed E-state index contributed by atoms with van der Waals surface area (Å²) in [6, 6.07) is 10.9. The second-order valence-electron chi connectivity index (χ2n) is 7.89. The van der Waals surface area contributed by atoms with Crippen molar-refractivity contribution in [1.29, 1.82) is 0 Å². The number of nitrogens with two attached hydrogens (primary N) is 1. The minimum Gasteiger partial charge on any atom is -0.352 e. The second-order valence-corrected chi connectivity index (χ2v) is 7.89. The summed E-state index contributed by atoms with van der Waals surface area (Å²) < 4.78 is 0. The minimum absolute atomic E-state index is 0.00292. The van der Waals surface area contributed by atoms with Crippen LogP contribution in [-0.2, 0) is 17.9 Å². The van der Waals surface area contributed by atoms with Gasteiger partial charge in [-0.15, -0.1) is 0 Å². The Balaban J connectivity index is 1.50. The van der Waals surface area contributed by atoms with E-state index in [1.54, 1.807) is 12.4 Å². The number of amides is 3. The fourth-order valence-electron chi connectivity index (χ4n) is 3.72. The number of hydrogen-bond acceptors (Lipinski definition) is 4. The first-order valence-electron chi connectivity index (χ1n) is 10.0. The zero-order valence-electron chi connectivity index (χ0n) is 16.8. The Morgan fingerprint density at radius 3 is 2.62 bits per heavy atom. The lowest BCUT2D eigenvalue weighted by Gasteiger charge is -2.37. The predicted octanol–water partition coefficient (Wildman–Crippen LogP) is 2.93. The Morgan fingerprint density at radius 2 is 1.86 bits per heavy atom. The van der Waals surface area contributed by atoms with Crippen molar-refractivity contribution in [3.05, 3.63) is 59.9 Å². The van der Waals surface area contributed by atoms with Crippen LogP contribution in [0.15, 0.2) is 48.8 Å². The lowest BCUT2D eigenvalue weighted by molar-refractivity contribution is -0.128. The fourth-order valence-corrected chi connectivity index (χ4v) is 3.72. The number of rotatable bonds is 6. The largest absolute Gasteiger partial charge is 0.352 e. The van der Waals surface area contributed by atoms with E-state index < -0.39 is 5.54 Å². The van der Waals surface area contributed by atoms with Gasteiger partial charge in [-0.3, -0.25) is 9.78 Å². The number of urea groups is 1. The first-order chi connectivity index (χ1) is 13.9. The van der Waals surface area contributed by atoms with E-state index in [9.17, 15) is 9.59 Å². The third-order valence-electron chi connectivity index (χ3n) is 5.42. The van der Waals surface area contributed by atoms with E-state index in [2.05, 4.69) is 20.9 Å². The third-order valence-corrected chi connectivity index (χ3v) is 5.42. The third kappa shape index (κ3) is 6.02. The molecule has 7 nitrogen and oxygen atoms in total. The number of carbonyl (C=O) groups is 2. The summed E-state index contributed by atoms with van der Waals surface area (Å²) in [7, 11) is 0. The molecule has 3 amide bonds. The van der Waals surface area contributed by atoms with Crippen molar-refractivity contribution in [3.63, 3.8) is 0 Å². The van der Waals surface area contributed by atoms with Crippen LogP contribution in [0, 0.1) is 5.92 Å². The molecule has 154 valence electrons. The summed E-state index contributed by atoms with van der Waals surface area (Å²) in [6.07, 6.45) is 7.20. The Hall–Kier alpha value is -2.93. The Bertz CT molecular complexity index is 838. The molecule has 29 heavy (non-hydrogen) atoms. The molecule has 1 fully saturated rings. The number of benzene rings is 1. The summed E-state index contributed by atoms with van der Waals surface area (Å²) >= 11 is 0. The summed E-state index contributed by atoms with van der Waals surface area (Å²) in [5, 5.41) is 8.62. The molecule has 1 aliphatic carbocycles. The maximum Gasteiger partial charge on any atom is 0.319 e. The molecular weight excluding hydrogens is 366 g/mol. The molecule has 1 heterocycles. The summed E-state index contributed by atoms with van der Waals surface area (Å²) in [5.74, 6) is -0.153. The van der Waals surface area contributed by atoms with Crippen LogP contribution in [0.5, 0.6) is 0 Å². The number of nitrogens with zero attached hydrogens (tertiary/aromatic N) is 1. The maximum absolute atomic E-state index is 12.6. The van der Waals surface area contributed by atoms with Gasteiger partial charge in [-0.25, -0.2) is 4.79 Å². The lowest BCUT2D eigenvalue weighted by atomic mass is 9.74. The molecule has 0 aliphatic heterocycles. The first-order valence-corrected chi connectivity index (χ1v) is 10.0. The zero-order chi connectivity index (χ0) is 20.7. The van der Waals surface area contributed by atoms with Crippen LogP contribution in [0.3, 0.4) is 0 Å². The van der Waals surface area contributed by atoms with Crippen LogP contribution >= 0.6 is 0 Å². The summed E-state index contributed by atoms with van der Waals surface area (Å²) in [6.45, 7) is 2.79. The minimum atomic E-state index is -0.446. The molecule has 0 spiro atoms. The number of anilines is 1. The number of pyridine rings is 1. The number of hydrogen-bond donors (Lipinski definition) is 4. The van der Waals surface area contributed by atoms with Crippen LogP contribution in [0.4, 0.5) is 10.5 Å². The van der Waals surface area contributed by atoms with Crippen LogP contribution < -0.4 is 21.7 Å². The van der Waals surface area contributed by atoms with Crippen molar-refractivity contribution in [1.82, 2.24) is 15.6 Å². The van der Waals surface area contributed by atoms with Crippen LogP contribution in [0.2, 0.25) is 0 Å². The standard InChI is InChI=1S/C22H29N5O2/c1-22(23)10-3-2-7-19(22)20(28)25-15-17-5-4-6-18(13-17)27-21(29)26-14-16-8-11-24-12-9-16/h4-6,8-9,11-13,19H,2-3,7,10,14-15,23H2,1H3,(H,25,28)(H2,26,27,29). The van der Waals surface area contributed by atoms with Crippen LogP contribution in [-0.4, -0.2) is 22.5 Å². The number of aromatic nitrogens is 1. The van der Waals surface area contributed by atoms with Crippen molar-refractivity contribution in [2.75, 3.05) is 5.32 Å². The van der Waals surface area contributed by atoms with Gasteiger partial charge in [0, 0.05) is 36.7 Å². The monoisotopic (exact) mass is 395 g/mol. The van der Waals surface area contributed by atoms with E-state index in [1.165, 1.54) is 0 Å².